The van der Waals surface area contributed by atoms with Gasteiger partial charge < -0.3 is 9.64 Å². The molecule has 0 radical (unpaired) electrons. The number of rotatable bonds is 7. The Labute approximate surface area is 151 Å². The zero-order valence-electron chi connectivity index (χ0n) is 14.0. The Morgan fingerprint density at radius 2 is 2.36 bits per heavy atom. The minimum atomic E-state index is -0.735. The molecule has 0 aliphatic carbocycles. The summed E-state index contributed by atoms with van der Waals surface area (Å²) in [5.41, 5.74) is 0.768. The first-order valence-corrected chi connectivity index (χ1v) is 8.80. The van der Waals surface area contributed by atoms with Gasteiger partial charge in [-0.2, -0.15) is 5.26 Å². The standard InChI is InChI=1S/C18H19N3O3S/c1-3-11-24-18(23)14(12-19)17-21(4-2)16(22)15(25-17)9-8-13-7-5-6-10-20-13/h3,5-7,10,15H,1,4,8-9,11H2,2H3. The SMILES string of the molecule is C=CCOC(=O)C(C#N)=C1SC(CCc2ccccn2)C(=O)N1CC. The molecule has 1 saturated heterocycles. The summed E-state index contributed by atoms with van der Waals surface area (Å²) in [6, 6.07) is 7.53. The van der Waals surface area contributed by atoms with Crippen molar-refractivity contribution < 1.29 is 14.3 Å². The number of esters is 1. The van der Waals surface area contributed by atoms with Crippen molar-refractivity contribution in [1.82, 2.24) is 9.88 Å². The van der Waals surface area contributed by atoms with E-state index in [1.807, 2.05) is 31.2 Å². The van der Waals surface area contributed by atoms with Crippen LogP contribution in [0.3, 0.4) is 0 Å². The highest BCUT2D eigenvalue weighted by atomic mass is 32.2. The summed E-state index contributed by atoms with van der Waals surface area (Å²) in [6.07, 6.45) is 4.38. The number of hydrogen-bond acceptors (Lipinski definition) is 6. The largest absolute Gasteiger partial charge is 0.457 e. The van der Waals surface area contributed by atoms with E-state index >= 15 is 0 Å². The van der Waals surface area contributed by atoms with E-state index < -0.39 is 5.97 Å². The third-order valence-electron chi connectivity index (χ3n) is 3.61. The van der Waals surface area contributed by atoms with E-state index in [0.717, 1.165) is 5.69 Å². The first kappa shape index (κ1) is 18.7. The molecule has 1 fully saturated rings. The fourth-order valence-corrected chi connectivity index (χ4v) is 3.74. The number of nitriles is 1. The van der Waals surface area contributed by atoms with Crippen LogP contribution in [-0.4, -0.2) is 40.2 Å². The van der Waals surface area contributed by atoms with Gasteiger partial charge in [0.05, 0.1) is 5.25 Å². The maximum absolute atomic E-state index is 12.6. The molecule has 6 nitrogen and oxygen atoms in total. The summed E-state index contributed by atoms with van der Waals surface area (Å²) < 4.78 is 4.95. The average Bonchev–Trinajstić information content (AvgIpc) is 2.95. The lowest BCUT2D eigenvalue weighted by Crippen LogP contribution is -2.29. The van der Waals surface area contributed by atoms with E-state index in [0.29, 0.717) is 24.4 Å². The van der Waals surface area contributed by atoms with Crippen LogP contribution in [0.25, 0.3) is 0 Å². The Morgan fingerprint density at radius 1 is 1.56 bits per heavy atom. The van der Waals surface area contributed by atoms with Crippen LogP contribution < -0.4 is 0 Å². The summed E-state index contributed by atoms with van der Waals surface area (Å²) >= 11 is 1.24. The van der Waals surface area contributed by atoms with Crippen molar-refractivity contribution >= 4 is 23.6 Å². The number of hydrogen-bond donors (Lipinski definition) is 0. The molecule has 25 heavy (non-hydrogen) atoms. The maximum atomic E-state index is 12.6. The molecule has 0 spiro atoms. The van der Waals surface area contributed by atoms with Crippen LogP contribution in [-0.2, 0) is 20.7 Å². The number of carbonyl (C=O) groups excluding carboxylic acids is 2. The second kappa shape index (κ2) is 9.04. The predicted molar refractivity (Wildman–Crippen MR) is 95.1 cm³/mol. The molecular formula is C18H19N3O3S. The van der Waals surface area contributed by atoms with Gasteiger partial charge in [-0.05, 0) is 31.9 Å². The minimum Gasteiger partial charge on any atom is -0.457 e. The smallest absolute Gasteiger partial charge is 0.351 e. The Kier molecular flexibility index (Phi) is 6.78. The molecule has 1 aliphatic rings. The highest BCUT2D eigenvalue weighted by Crippen LogP contribution is 2.39. The highest BCUT2D eigenvalue weighted by Gasteiger charge is 2.39. The fraction of sp³-hybridized carbons (Fsp3) is 0.333. The van der Waals surface area contributed by atoms with Gasteiger partial charge >= 0.3 is 5.97 Å². The van der Waals surface area contributed by atoms with Gasteiger partial charge in [-0.25, -0.2) is 4.79 Å². The highest BCUT2D eigenvalue weighted by molar-refractivity contribution is 8.04. The van der Waals surface area contributed by atoms with Gasteiger partial charge in [0.25, 0.3) is 0 Å². The fourth-order valence-electron chi connectivity index (χ4n) is 2.41. The summed E-state index contributed by atoms with van der Waals surface area (Å²) in [4.78, 5) is 30.4. The Bertz CT molecular complexity index is 725. The average molecular weight is 357 g/mol. The second-order valence-electron chi connectivity index (χ2n) is 5.23. The molecule has 1 unspecified atom stereocenters. The quantitative estimate of drug-likeness (QED) is 0.323. The van der Waals surface area contributed by atoms with Crippen LogP contribution in [0.2, 0.25) is 0 Å². The molecule has 2 rings (SSSR count). The molecule has 130 valence electrons. The Morgan fingerprint density at radius 3 is 2.96 bits per heavy atom. The number of aryl methyl sites for hydroxylation is 1. The topological polar surface area (TPSA) is 83.3 Å². The molecule has 1 amide bonds. The molecule has 1 aliphatic heterocycles. The molecule has 0 saturated carbocycles. The lowest BCUT2D eigenvalue weighted by Gasteiger charge is -2.15. The molecule has 2 heterocycles. The van der Waals surface area contributed by atoms with Gasteiger partial charge in [-0.3, -0.25) is 9.78 Å². The van der Waals surface area contributed by atoms with Gasteiger partial charge in [0.2, 0.25) is 5.91 Å². The Hall–Kier alpha value is -2.59. The molecular weight excluding hydrogens is 338 g/mol. The number of nitrogens with zero attached hydrogens (tertiary/aromatic N) is 3. The molecule has 1 aromatic rings. The summed E-state index contributed by atoms with van der Waals surface area (Å²) in [6.45, 7) is 5.69. The van der Waals surface area contributed by atoms with E-state index in [2.05, 4.69) is 11.6 Å². The zero-order chi connectivity index (χ0) is 18.2. The van der Waals surface area contributed by atoms with Gasteiger partial charge in [-0.15, -0.1) is 0 Å². The third kappa shape index (κ3) is 4.48. The minimum absolute atomic E-state index is 0.0190. The molecule has 0 aromatic carbocycles. The molecule has 0 bridgehead atoms. The van der Waals surface area contributed by atoms with E-state index in [1.54, 1.807) is 6.20 Å². The number of thioether (sulfide) groups is 1. The maximum Gasteiger partial charge on any atom is 0.351 e. The number of aromatic nitrogens is 1. The molecule has 1 atom stereocenters. The van der Waals surface area contributed by atoms with Crippen LogP contribution in [0.4, 0.5) is 0 Å². The zero-order valence-corrected chi connectivity index (χ0v) is 14.8. The summed E-state index contributed by atoms with van der Waals surface area (Å²) in [5.74, 6) is -0.829. The van der Waals surface area contributed by atoms with Crippen molar-refractivity contribution in [3.05, 3.63) is 53.3 Å². The number of pyridine rings is 1. The van der Waals surface area contributed by atoms with Crippen molar-refractivity contribution in [2.75, 3.05) is 13.2 Å². The van der Waals surface area contributed by atoms with Crippen LogP contribution >= 0.6 is 11.8 Å². The monoisotopic (exact) mass is 357 g/mol. The van der Waals surface area contributed by atoms with Gasteiger partial charge in [0.15, 0.2) is 5.57 Å². The second-order valence-corrected chi connectivity index (χ2v) is 6.42. The molecule has 7 heteroatoms. The van der Waals surface area contributed by atoms with E-state index in [9.17, 15) is 14.9 Å². The predicted octanol–water partition coefficient (Wildman–Crippen LogP) is 2.44. The number of ether oxygens (including phenoxy) is 1. The molecule has 1 aromatic heterocycles. The van der Waals surface area contributed by atoms with Crippen LogP contribution in [0.1, 0.15) is 19.0 Å². The van der Waals surface area contributed by atoms with E-state index in [-0.39, 0.29) is 23.3 Å². The van der Waals surface area contributed by atoms with Gasteiger partial charge in [-0.1, -0.05) is 30.5 Å². The first-order chi connectivity index (χ1) is 12.1. The van der Waals surface area contributed by atoms with Crippen molar-refractivity contribution in [3.8, 4) is 6.07 Å². The van der Waals surface area contributed by atoms with Crippen LogP contribution in [0, 0.1) is 11.3 Å². The molecule has 0 N–H and O–H groups in total. The van der Waals surface area contributed by atoms with E-state index in [1.165, 1.54) is 22.7 Å². The lowest BCUT2D eigenvalue weighted by atomic mass is 10.1. The normalized spacial score (nSPS) is 18.6. The van der Waals surface area contributed by atoms with Crippen molar-refractivity contribution in [3.63, 3.8) is 0 Å². The van der Waals surface area contributed by atoms with Crippen molar-refractivity contribution in [1.29, 1.82) is 5.26 Å². The first-order valence-electron chi connectivity index (χ1n) is 7.92. The van der Waals surface area contributed by atoms with Crippen LogP contribution in [0.15, 0.2) is 47.7 Å². The van der Waals surface area contributed by atoms with Crippen molar-refractivity contribution in [2.24, 2.45) is 0 Å². The van der Waals surface area contributed by atoms with Crippen molar-refractivity contribution in [2.45, 2.75) is 25.0 Å². The van der Waals surface area contributed by atoms with Crippen LogP contribution in [0.5, 0.6) is 0 Å². The number of carbonyl (C=O) groups is 2. The Balaban J connectivity index is 2.17. The lowest BCUT2D eigenvalue weighted by molar-refractivity contribution is -0.137. The summed E-state index contributed by atoms with van der Waals surface area (Å²) in [7, 11) is 0. The third-order valence-corrected chi connectivity index (χ3v) is 4.98. The van der Waals surface area contributed by atoms with Gasteiger partial charge in [0, 0.05) is 18.4 Å². The van der Waals surface area contributed by atoms with E-state index in [4.69, 9.17) is 4.74 Å². The van der Waals surface area contributed by atoms with Gasteiger partial charge in [0.1, 0.15) is 17.7 Å². The number of amides is 1. The summed E-state index contributed by atoms with van der Waals surface area (Å²) in [5, 5.41) is 9.38.